The van der Waals surface area contributed by atoms with Gasteiger partial charge in [0.05, 0.1) is 44.9 Å². The van der Waals surface area contributed by atoms with Gasteiger partial charge in [0.25, 0.3) is 0 Å². The van der Waals surface area contributed by atoms with Gasteiger partial charge in [-0.2, -0.15) is 0 Å². The molecule has 0 aliphatic heterocycles. The first-order valence-corrected chi connectivity index (χ1v) is 9.23. The monoisotopic (exact) mass is 445 g/mol. The van der Waals surface area contributed by atoms with E-state index in [9.17, 15) is 0 Å². The molecular weight excluding hydrogens is 422 g/mol. The molecule has 0 amide bonds. The van der Waals surface area contributed by atoms with Gasteiger partial charge in [0.15, 0.2) is 0 Å². The van der Waals surface area contributed by atoms with Crippen molar-refractivity contribution in [1.82, 2.24) is 4.98 Å². The van der Waals surface area contributed by atoms with Gasteiger partial charge < -0.3 is 26.4 Å². The minimum atomic E-state index is 0. The van der Waals surface area contributed by atoms with E-state index < -0.39 is 0 Å². The van der Waals surface area contributed by atoms with Gasteiger partial charge in [0.1, 0.15) is 5.69 Å². The van der Waals surface area contributed by atoms with Crippen LogP contribution in [0.2, 0.25) is 5.02 Å². The molecule has 0 aliphatic carbocycles. The second-order valence-corrected chi connectivity index (χ2v) is 7.94. The number of thiazole rings is 1. The number of aromatic nitrogens is 1. The number of rotatable bonds is 7. The molecule has 25 heavy (non-hydrogen) atoms. The molecule has 0 fully saturated rings. The zero-order valence-electron chi connectivity index (χ0n) is 15.3. The summed E-state index contributed by atoms with van der Waals surface area (Å²) < 4.78 is 0.934. The van der Waals surface area contributed by atoms with Crippen LogP contribution in [0.4, 0.5) is 16.5 Å². The average molecular weight is 447 g/mol. The highest BCUT2D eigenvalue weighted by Crippen LogP contribution is 2.31. The van der Waals surface area contributed by atoms with E-state index in [-0.39, 0.29) is 17.0 Å². The van der Waals surface area contributed by atoms with Gasteiger partial charge in [-0.1, -0.05) is 11.6 Å². The van der Waals surface area contributed by atoms with E-state index in [2.05, 4.69) is 48.2 Å². The van der Waals surface area contributed by atoms with Gasteiger partial charge in [0.2, 0.25) is 5.13 Å². The van der Waals surface area contributed by atoms with E-state index in [1.807, 2.05) is 30.5 Å². The highest BCUT2D eigenvalue weighted by Gasteiger charge is 2.12. The third-order valence-corrected chi connectivity index (χ3v) is 4.71. The molecule has 0 aliphatic rings. The number of hydrogen-bond donors (Lipinski definition) is 0. The number of halogens is 2. The van der Waals surface area contributed by atoms with Crippen LogP contribution in [0, 0.1) is 6.92 Å². The van der Waals surface area contributed by atoms with Crippen LogP contribution in [0.25, 0.3) is 0 Å². The summed E-state index contributed by atoms with van der Waals surface area (Å²) in [5.41, 5.74) is 2.72. The summed E-state index contributed by atoms with van der Waals surface area (Å²) in [5.74, 6) is 0. The standard InChI is InChI=1S/C17H25ClN5S.BrH/c1-6-22(9-10-23(3,4)5)14-7-8-16(15(18)11-14)20-21-17-19-13(2)12-24-17;/h7-8,11-12H,6,9-10H2,1-5H3;1H/q+1;/p-1. The molecule has 0 bridgehead atoms. The Morgan fingerprint density at radius 1 is 1.24 bits per heavy atom. The largest absolute Gasteiger partial charge is 1.00 e. The zero-order chi connectivity index (χ0) is 17.7. The fourth-order valence-electron chi connectivity index (χ4n) is 2.15. The van der Waals surface area contributed by atoms with E-state index in [0.717, 1.165) is 35.5 Å². The summed E-state index contributed by atoms with van der Waals surface area (Å²) in [6.07, 6.45) is 0. The number of aryl methyl sites for hydroxylation is 1. The minimum absolute atomic E-state index is 0. The van der Waals surface area contributed by atoms with E-state index in [0.29, 0.717) is 15.8 Å². The quantitative estimate of drug-likeness (QED) is 0.482. The fourth-order valence-corrected chi connectivity index (χ4v) is 2.97. The van der Waals surface area contributed by atoms with Crippen molar-refractivity contribution >= 4 is 39.4 Å². The lowest BCUT2D eigenvalue weighted by molar-refractivity contribution is -0.868. The first kappa shape index (κ1) is 22.0. The van der Waals surface area contributed by atoms with Crippen LogP contribution in [0.1, 0.15) is 12.6 Å². The molecule has 1 aromatic carbocycles. The number of quaternary nitrogens is 1. The molecule has 0 spiro atoms. The Bertz CT molecular complexity index is 711. The van der Waals surface area contributed by atoms with Crippen molar-refractivity contribution in [3.05, 3.63) is 34.3 Å². The van der Waals surface area contributed by atoms with Crippen molar-refractivity contribution in [1.29, 1.82) is 0 Å². The van der Waals surface area contributed by atoms with Crippen LogP contribution in [0.3, 0.4) is 0 Å². The first-order valence-electron chi connectivity index (χ1n) is 7.97. The molecular formula is C17H25BrClN5S. The number of benzene rings is 1. The van der Waals surface area contributed by atoms with Crippen molar-refractivity contribution in [2.24, 2.45) is 10.2 Å². The summed E-state index contributed by atoms with van der Waals surface area (Å²) in [5, 5.41) is 11.6. The lowest BCUT2D eigenvalue weighted by Crippen LogP contribution is -3.00. The van der Waals surface area contributed by atoms with Crippen LogP contribution >= 0.6 is 22.9 Å². The van der Waals surface area contributed by atoms with Crippen LogP contribution in [0.15, 0.2) is 33.8 Å². The Morgan fingerprint density at radius 3 is 2.48 bits per heavy atom. The molecule has 0 saturated heterocycles. The molecule has 2 rings (SSSR count). The highest BCUT2D eigenvalue weighted by atomic mass is 79.9. The fraction of sp³-hybridized carbons (Fsp3) is 0.471. The van der Waals surface area contributed by atoms with E-state index >= 15 is 0 Å². The second kappa shape index (κ2) is 9.62. The van der Waals surface area contributed by atoms with Gasteiger partial charge in [-0.15, -0.1) is 21.6 Å². The van der Waals surface area contributed by atoms with E-state index in [1.54, 1.807) is 0 Å². The minimum Gasteiger partial charge on any atom is -1.00 e. The third-order valence-electron chi connectivity index (χ3n) is 3.57. The van der Waals surface area contributed by atoms with Crippen molar-refractivity contribution in [2.45, 2.75) is 13.8 Å². The molecule has 2 aromatic rings. The highest BCUT2D eigenvalue weighted by molar-refractivity contribution is 7.13. The molecule has 0 N–H and O–H groups in total. The number of azo groups is 1. The Morgan fingerprint density at radius 2 is 1.96 bits per heavy atom. The molecule has 0 atom stereocenters. The number of hydrogen-bond acceptors (Lipinski definition) is 5. The van der Waals surface area contributed by atoms with Crippen LogP contribution < -0.4 is 21.9 Å². The molecule has 5 nitrogen and oxygen atoms in total. The van der Waals surface area contributed by atoms with Gasteiger partial charge in [-0.05, 0) is 32.0 Å². The average Bonchev–Trinajstić information content (AvgIpc) is 2.91. The van der Waals surface area contributed by atoms with Crippen molar-refractivity contribution in [3.8, 4) is 0 Å². The Hall–Kier alpha value is -1.02. The van der Waals surface area contributed by atoms with Gasteiger partial charge >= 0.3 is 0 Å². The first-order chi connectivity index (χ1) is 11.3. The third kappa shape index (κ3) is 7.01. The number of nitrogens with zero attached hydrogens (tertiary/aromatic N) is 5. The zero-order valence-corrected chi connectivity index (χ0v) is 18.5. The van der Waals surface area contributed by atoms with Crippen LogP contribution in [-0.2, 0) is 0 Å². The van der Waals surface area contributed by atoms with E-state index in [1.165, 1.54) is 11.3 Å². The normalized spacial score (nSPS) is 11.6. The smallest absolute Gasteiger partial charge is 0.230 e. The number of anilines is 1. The van der Waals surface area contributed by atoms with Gasteiger partial charge in [0, 0.05) is 17.6 Å². The Labute approximate surface area is 169 Å². The van der Waals surface area contributed by atoms with Crippen molar-refractivity contribution in [3.63, 3.8) is 0 Å². The maximum absolute atomic E-state index is 6.39. The predicted octanol–water partition coefficient (Wildman–Crippen LogP) is 2.06. The van der Waals surface area contributed by atoms with Gasteiger partial charge in [-0.3, -0.25) is 0 Å². The maximum atomic E-state index is 6.39. The molecule has 1 aromatic heterocycles. The summed E-state index contributed by atoms with van der Waals surface area (Å²) >= 11 is 7.86. The van der Waals surface area contributed by atoms with Crippen LogP contribution in [-0.4, -0.2) is 50.2 Å². The second-order valence-electron chi connectivity index (χ2n) is 6.70. The van der Waals surface area contributed by atoms with Crippen LogP contribution in [0.5, 0.6) is 0 Å². The lowest BCUT2D eigenvalue weighted by atomic mass is 10.2. The summed E-state index contributed by atoms with van der Waals surface area (Å²) in [6.45, 7) is 7.08. The number of likely N-dealkylation sites (N-methyl/N-ethyl adjacent to an activating group) is 2. The van der Waals surface area contributed by atoms with Crippen molar-refractivity contribution in [2.75, 3.05) is 45.7 Å². The molecule has 0 unspecified atom stereocenters. The lowest BCUT2D eigenvalue weighted by Gasteiger charge is -2.29. The summed E-state index contributed by atoms with van der Waals surface area (Å²) in [7, 11) is 6.60. The predicted molar refractivity (Wildman–Crippen MR) is 103 cm³/mol. The topological polar surface area (TPSA) is 40.9 Å². The van der Waals surface area contributed by atoms with E-state index in [4.69, 9.17) is 11.6 Å². The molecule has 0 saturated carbocycles. The van der Waals surface area contributed by atoms with Crippen molar-refractivity contribution < 1.29 is 21.5 Å². The summed E-state index contributed by atoms with van der Waals surface area (Å²) in [6, 6.07) is 5.92. The Kier molecular flexibility index (Phi) is 8.47. The molecule has 138 valence electrons. The molecule has 0 radical (unpaired) electrons. The SMILES string of the molecule is CCN(CC[N+](C)(C)C)c1ccc(N=Nc2nc(C)cs2)c(Cl)c1.[Br-]. The summed E-state index contributed by atoms with van der Waals surface area (Å²) in [4.78, 5) is 6.59. The Balaban J connectivity index is 0.00000312. The van der Waals surface area contributed by atoms with Gasteiger partial charge in [-0.25, -0.2) is 4.98 Å². The molecule has 8 heteroatoms. The molecule has 1 heterocycles. The maximum Gasteiger partial charge on any atom is 0.230 e.